The van der Waals surface area contributed by atoms with E-state index in [9.17, 15) is 8.42 Å². The van der Waals surface area contributed by atoms with Gasteiger partial charge < -0.3 is 10.1 Å². The predicted molar refractivity (Wildman–Crippen MR) is 84.5 cm³/mol. The standard InChI is InChI=1S/C15H15N3O3S/c1-21-13-8-4-2-6-11(13)10-16-15-17-12-7-3-5-9-14(12)22(19,20)18-15/h2-9H,10H2,1H3,(H2,16,17,18). The Bertz CT molecular complexity index is 831. The van der Waals surface area contributed by atoms with Gasteiger partial charge in [0.05, 0.1) is 19.3 Å². The Balaban J connectivity index is 1.88. The highest BCUT2D eigenvalue weighted by Gasteiger charge is 2.25. The van der Waals surface area contributed by atoms with Crippen LogP contribution in [-0.4, -0.2) is 21.5 Å². The summed E-state index contributed by atoms with van der Waals surface area (Å²) in [5.74, 6) is 0.913. The zero-order valence-electron chi connectivity index (χ0n) is 11.9. The summed E-state index contributed by atoms with van der Waals surface area (Å²) in [5, 5.41) is 2.98. The Hall–Kier alpha value is -2.54. The first-order valence-electron chi connectivity index (χ1n) is 6.65. The number of ether oxygens (including phenoxy) is 1. The van der Waals surface area contributed by atoms with Gasteiger partial charge in [0.15, 0.2) is 0 Å². The first kappa shape index (κ1) is 14.4. The quantitative estimate of drug-likeness (QED) is 0.907. The summed E-state index contributed by atoms with van der Waals surface area (Å²) in [6, 6.07) is 14.2. The van der Waals surface area contributed by atoms with Crippen molar-refractivity contribution in [2.45, 2.75) is 11.4 Å². The number of nitrogens with one attached hydrogen (secondary N) is 2. The van der Waals surface area contributed by atoms with Gasteiger partial charge in [-0.15, -0.1) is 0 Å². The minimum Gasteiger partial charge on any atom is -0.496 e. The smallest absolute Gasteiger partial charge is 0.266 e. The number of rotatable bonds is 3. The minimum atomic E-state index is -3.59. The summed E-state index contributed by atoms with van der Waals surface area (Å²) in [5.41, 5.74) is 1.39. The molecule has 0 aliphatic carbocycles. The van der Waals surface area contributed by atoms with Crippen molar-refractivity contribution in [2.75, 3.05) is 12.4 Å². The number of anilines is 1. The van der Waals surface area contributed by atoms with E-state index in [4.69, 9.17) is 4.74 Å². The Labute approximate surface area is 128 Å². The van der Waals surface area contributed by atoms with Crippen molar-refractivity contribution < 1.29 is 13.2 Å². The second-order valence-electron chi connectivity index (χ2n) is 4.70. The first-order chi connectivity index (χ1) is 10.6. The maximum atomic E-state index is 12.2. The molecule has 0 fully saturated rings. The molecule has 0 saturated carbocycles. The van der Waals surface area contributed by atoms with E-state index in [0.717, 1.165) is 5.56 Å². The van der Waals surface area contributed by atoms with Gasteiger partial charge in [0.25, 0.3) is 10.0 Å². The third kappa shape index (κ3) is 2.75. The summed E-state index contributed by atoms with van der Waals surface area (Å²) >= 11 is 0. The second kappa shape index (κ2) is 5.69. The average molecular weight is 317 g/mol. The number of hydrogen-bond donors (Lipinski definition) is 2. The van der Waals surface area contributed by atoms with E-state index in [1.54, 1.807) is 31.4 Å². The van der Waals surface area contributed by atoms with Crippen molar-refractivity contribution in [1.82, 2.24) is 4.72 Å². The Morgan fingerprint density at radius 2 is 1.82 bits per heavy atom. The van der Waals surface area contributed by atoms with Gasteiger partial charge in [0.2, 0.25) is 5.96 Å². The van der Waals surface area contributed by atoms with Crippen LogP contribution in [0.4, 0.5) is 5.69 Å². The Morgan fingerprint density at radius 1 is 1.09 bits per heavy atom. The molecule has 6 nitrogen and oxygen atoms in total. The maximum Gasteiger partial charge on any atom is 0.266 e. The molecule has 0 radical (unpaired) electrons. The normalized spacial score (nSPS) is 17.2. The second-order valence-corrected chi connectivity index (χ2v) is 6.35. The van der Waals surface area contributed by atoms with Crippen LogP contribution >= 0.6 is 0 Å². The van der Waals surface area contributed by atoms with E-state index in [1.807, 2.05) is 24.3 Å². The lowest BCUT2D eigenvalue weighted by molar-refractivity contribution is 0.410. The van der Waals surface area contributed by atoms with Crippen LogP contribution in [0.25, 0.3) is 0 Å². The molecule has 3 rings (SSSR count). The molecule has 0 saturated heterocycles. The van der Waals surface area contributed by atoms with Crippen LogP contribution in [0.3, 0.4) is 0 Å². The average Bonchev–Trinajstić information content (AvgIpc) is 2.52. The fourth-order valence-corrected chi connectivity index (χ4v) is 3.36. The highest BCUT2D eigenvalue weighted by Crippen LogP contribution is 2.24. The zero-order chi connectivity index (χ0) is 15.6. The molecule has 22 heavy (non-hydrogen) atoms. The van der Waals surface area contributed by atoms with Crippen LogP contribution in [0, 0.1) is 0 Å². The van der Waals surface area contributed by atoms with Crippen molar-refractivity contribution in [3.63, 3.8) is 0 Å². The highest BCUT2D eigenvalue weighted by molar-refractivity contribution is 7.90. The maximum absolute atomic E-state index is 12.2. The molecule has 114 valence electrons. The van der Waals surface area contributed by atoms with Crippen LogP contribution < -0.4 is 14.8 Å². The van der Waals surface area contributed by atoms with Crippen LogP contribution in [0.15, 0.2) is 58.4 Å². The molecule has 2 aromatic carbocycles. The Morgan fingerprint density at radius 3 is 2.64 bits per heavy atom. The third-order valence-electron chi connectivity index (χ3n) is 3.26. The van der Waals surface area contributed by atoms with Crippen molar-refractivity contribution in [3.8, 4) is 5.75 Å². The number of guanidine groups is 1. The topological polar surface area (TPSA) is 79.8 Å². The van der Waals surface area contributed by atoms with Crippen molar-refractivity contribution >= 4 is 21.7 Å². The lowest BCUT2D eigenvalue weighted by Gasteiger charge is -2.21. The summed E-state index contributed by atoms with van der Waals surface area (Å²) < 4.78 is 32.0. The predicted octanol–water partition coefficient (Wildman–Crippen LogP) is 1.96. The molecule has 1 heterocycles. The number of benzene rings is 2. The molecule has 0 unspecified atom stereocenters. The summed E-state index contributed by atoms with van der Waals surface area (Å²) in [6.07, 6.45) is 0. The number of nitrogens with zero attached hydrogens (tertiary/aromatic N) is 1. The number of fused-ring (bicyclic) bond motifs is 1. The molecule has 2 N–H and O–H groups in total. The van der Waals surface area contributed by atoms with Crippen molar-refractivity contribution in [3.05, 3.63) is 54.1 Å². The monoisotopic (exact) mass is 317 g/mol. The number of aliphatic imine (C=N–C) groups is 1. The van der Waals surface area contributed by atoms with Gasteiger partial charge in [-0.05, 0) is 18.2 Å². The summed E-state index contributed by atoms with van der Waals surface area (Å²) in [4.78, 5) is 4.51. The van der Waals surface area contributed by atoms with Gasteiger partial charge in [-0.3, -0.25) is 0 Å². The van der Waals surface area contributed by atoms with Gasteiger partial charge in [0, 0.05) is 5.56 Å². The van der Waals surface area contributed by atoms with E-state index in [1.165, 1.54) is 0 Å². The molecular weight excluding hydrogens is 302 g/mol. The van der Waals surface area contributed by atoms with E-state index >= 15 is 0 Å². The molecule has 0 bridgehead atoms. The minimum absolute atomic E-state index is 0.199. The van der Waals surface area contributed by atoms with Crippen LogP contribution in [0.2, 0.25) is 0 Å². The van der Waals surface area contributed by atoms with Crippen LogP contribution in [0.5, 0.6) is 5.75 Å². The molecule has 0 aromatic heterocycles. The van der Waals surface area contributed by atoms with Gasteiger partial charge in [-0.2, -0.15) is 0 Å². The Kier molecular flexibility index (Phi) is 3.72. The molecule has 7 heteroatoms. The third-order valence-corrected chi connectivity index (χ3v) is 4.66. The van der Waals surface area contributed by atoms with Crippen LogP contribution in [0.1, 0.15) is 5.56 Å². The van der Waals surface area contributed by atoms with Gasteiger partial charge in [-0.25, -0.2) is 18.1 Å². The number of para-hydroxylation sites is 2. The van der Waals surface area contributed by atoms with E-state index < -0.39 is 10.0 Å². The van der Waals surface area contributed by atoms with E-state index in [-0.39, 0.29) is 10.9 Å². The molecule has 0 atom stereocenters. The van der Waals surface area contributed by atoms with E-state index in [0.29, 0.717) is 18.0 Å². The van der Waals surface area contributed by atoms with Gasteiger partial charge >= 0.3 is 0 Å². The lowest BCUT2D eigenvalue weighted by Crippen LogP contribution is -2.40. The SMILES string of the molecule is COc1ccccc1CN=C1Nc2ccccc2S(=O)(=O)N1. The summed E-state index contributed by atoms with van der Waals surface area (Å²) in [7, 11) is -2.00. The fraction of sp³-hybridized carbons (Fsp3) is 0.133. The molecule has 2 aromatic rings. The molecule has 0 amide bonds. The van der Waals surface area contributed by atoms with Gasteiger partial charge in [0.1, 0.15) is 10.6 Å². The number of sulfonamides is 1. The van der Waals surface area contributed by atoms with E-state index in [2.05, 4.69) is 15.0 Å². The molecule has 0 spiro atoms. The molecular formula is C15H15N3O3S. The highest BCUT2D eigenvalue weighted by atomic mass is 32.2. The van der Waals surface area contributed by atoms with Crippen molar-refractivity contribution in [1.29, 1.82) is 0 Å². The zero-order valence-corrected chi connectivity index (χ0v) is 12.7. The fourth-order valence-electron chi connectivity index (χ4n) is 2.21. The number of hydrogen-bond acceptors (Lipinski definition) is 4. The largest absolute Gasteiger partial charge is 0.496 e. The summed E-state index contributed by atoms with van der Waals surface area (Å²) in [6.45, 7) is 0.303. The number of methoxy groups -OCH3 is 1. The van der Waals surface area contributed by atoms with Gasteiger partial charge in [-0.1, -0.05) is 30.3 Å². The molecule has 1 aliphatic rings. The van der Waals surface area contributed by atoms with Crippen molar-refractivity contribution in [2.24, 2.45) is 4.99 Å². The molecule has 1 aliphatic heterocycles. The van der Waals surface area contributed by atoms with Crippen LogP contribution in [-0.2, 0) is 16.6 Å². The lowest BCUT2D eigenvalue weighted by atomic mass is 10.2. The first-order valence-corrected chi connectivity index (χ1v) is 8.14.